The number of ether oxygens (including phenoxy) is 1. The van der Waals surface area contributed by atoms with Crippen molar-refractivity contribution < 1.29 is 9.53 Å². The Morgan fingerprint density at radius 3 is 2.67 bits per heavy atom. The second-order valence-electron chi connectivity index (χ2n) is 9.06. The normalized spacial score (nSPS) is 14.3. The molecule has 2 amide bonds. The van der Waals surface area contributed by atoms with Crippen LogP contribution in [0.3, 0.4) is 0 Å². The third-order valence-electron chi connectivity index (χ3n) is 6.67. The first-order valence-electron chi connectivity index (χ1n) is 12.2. The van der Waals surface area contributed by atoms with Gasteiger partial charge in [0.05, 0.1) is 24.4 Å². The highest BCUT2D eigenvalue weighted by Gasteiger charge is 2.12. The molecule has 4 heterocycles. The molecule has 3 aromatic heterocycles. The monoisotopic (exact) mass is 480 g/mol. The molecule has 0 radical (unpaired) electrons. The first-order valence-corrected chi connectivity index (χ1v) is 12.2. The molecule has 0 spiro atoms. The van der Waals surface area contributed by atoms with Crippen molar-refractivity contribution in [2.45, 2.75) is 13.1 Å². The van der Waals surface area contributed by atoms with E-state index in [-0.39, 0.29) is 6.03 Å². The zero-order valence-electron chi connectivity index (χ0n) is 19.9. The molecule has 182 valence electrons. The molecule has 0 saturated carbocycles. The summed E-state index contributed by atoms with van der Waals surface area (Å²) in [5.41, 5.74) is 5.88. The molecule has 36 heavy (non-hydrogen) atoms. The summed E-state index contributed by atoms with van der Waals surface area (Å²) < 4.78 is 7.60. The maximum atomic E-state index is 12.8. The minimum atomic E-state index is -0.264. The van der Waals surface area contributed by atoms with E-state index >= 15 is 0 Å². The van der Waals surface area contributed by atoms with E-state index in [0.29, 0.717) is 6.54 Å². The standard InChI is InChI=1S/C28H28N6O2/c35-28(31-22-6-4-20(5-7-22)18-33-14-16-36-17-15-33)32-25-2-1-3-26-24(25)10-13-34(26)19-21-8-11-29-27-23(21)9-12-30-27/h1-13H,14-19H2,(H,29,30)(H2,31,32,35). The molecule has 1 aliphatic rings. The van der Waals surface area contributed by atoms with Crippen LogP contribution >= 0.6 is 0 Å². The van der Waals surface area contributed by atoms with E-state index < -0.39 is 0 Å². The summed E-state index contributed by atoms with van der Waals surface area (Å²) in [4.78, 5) is 22.7. The fourth-order valence-corrected chi connectivity index (χ4v) is 4.81. The highest BCUT2D eigenvalue weighted by molar-refractivity contribution is 6.05. The number of aromatic nitrogens is 3. The van der Waals surface area contributed by atoms with Crippen molar-refractivity contribution in [1.29, 1.82) is 0 Å². The third-order valence-corrected chi connectivity index (χ3v) is 6.67. The number of morpholine rings is 1. The Morgan fingerprint density at radius 2 is 1.81 bits per heavy atom. The van der Waals surface area contributed by atoms with Gasteiger partial charge in [-0.3, -0.25) is 4.90 Å². The lowest BCUT2D eigenvalue weighted by molar-refractivity contribution is 0.0342. The van der Waals surface area contributed by atoms with Gasteiger partial charge in [0.25, 0.3) is 0 Å². The zero-order valence-corrected chi connectivity index (χ0v) is 19.9. The summed E-state index contributed by atoms with van der Waals surface area (Å²) in [6, 6.07) is 19.9. The van der Waals surface area contributed by atoms with Gasteiger partial charge in [-0.2, -0.15) is 0 Å². The van der Waals surface area contributed by atoms with Crippen molar-refractivity contribution in [3.8, 4) is 0 Å². The van der Waals surface area contributed by atoms with Crippen molar-refractivity contribution >= 4 is 39.3 Å². The van der Waals surface area contributed by atoms with Gasteiger partial charge in [0.2, 0.25) is 0 Å². The van der Waals surface area contributed by atoms with Crippen molar-refractivity contribution in [1.82, 2.24) is 19.4 Å². The topological polar surface area (TPSA) is 87.2 Å². The molecule has 3 N–H and O–H groups in total. The second kappa shape index (κ2) is 9.85. The number of anilines is 2. The van der Waals surface area contributed by atoms with Gasteiger partial charge in [0.15, 0.2) is 0 Å². The summed E-state index contributed by atoms with van der Waals surface area (Å²) in [6.45, 7) is 5.09. The van der Waals surface area contributed by atoms with E-state index in [1.165, 1.54) is 11.1 Å². The largest absolute Gasteiger partial charge is 0.379 e. The molecular formula is C28H28N6O2. The number of pyridine rings is 1. The number of carbonyl (C=O) groups is 1. The molecule has 2 aromatic carbocycles. The second-order valence-corrected chi connectivity index (χ2v) is 9.06. The van der Waals surface area contributed by atoms with E-state index in [1.54, 1.807) is 0 Å². The number of hydrogen-bond donors (Lipinski definition) is 3. The summed E-state index contributed by atoms with van der Waals surface area (Å²) in [7, 11) is 0. The quantitative estimate of drug-likeness (QED) is 0.318. The van der Waals surface area contributed by atoms with Crippen LogP contribution < -0.4 is 10.6 Å². The Balaban J connectivity index is 1.13. The summed E-state index contributed by atoms with van der Waals surface area (Å²) in [6.07, 6.45) is 5.79. The molecule has 8 heteroatoms. The average molecular weight is 481 g/mol. The van der Waals surface area contributed by atoms with E-state index in [2.05, 4.69) is 60.5 Å². The Hall–Kier alpha value is -4.14. The van der Waals surface area contributed by atoms with Gasteiger partial charge in [0, 0.05) is 61.2 Å². The molecule has 6 rings (SSSR count). The number of nitrogens with zero attached hydrogens (tertiary/aromatic N) is 3. The highest BCUT2D eigenvalue weighted by Crippen LogP contribution is 2.27. The summed E-state index contributed by atoms with van der Waals surface area (Å²) >= 11 is 0. The van der Waals surface area contributed by atoms with Gasteiger partial charge in [-0.1, -0.05) is 18.2 Å². The third kappa shape index (κ3) is 4.68. The fourth-order valence-electron chi connectivity index (χ4n) is 4.81. The Bertz CT molecular complexity index is 1500. The molecule has 1 fully saturated rings. The smallest absolute Gasteiger partial charge is 0.323 e. The first-order chi connectivity index (χ1) is 17.7. The van der Waals surface area contributed by atoms with E-state index in [1.807, 2.05) is 48.8 Å². The van der Waals surface area contributed by atoms with Crippen molar-refractivity contribution in [3.63, 3.8) is 0 Å². The Labute approximate surface area is 208 Å². The molecule has 0 unspecified atom stereocenters. The van der Waals surface area contributed by atoms with Crippen LogP contribution in [0.4, 0.5) is 16.2 Å². The van der Waals surface area contributed by atoms with Gasteiger partial charge in [-0.15, -0.1) is 0 Å². The summed E-state index contributed by atoms with van der Waals surface area (Å²) in [5.74, 6) is 0. The molecule has 5 aromatic rings. The maximum absolute atomic E-state index is 12.8. The summed E-state index contributed by atoms with van der Waals surface area (Å²) in [5, 5.41) is 8.07. The van der Waals surface area contributed by atoms with E-state index in [4.69, 9.17) is 4.74 Å². The molecule has 0 atom stereocenters. The van der Waals surface area contributed by atoms with Crippen LogP contribution in [0.25, 0.3) is 21.9 Å². The Kier molecular flexibility index (Phi) is 6.11. The van der Waals surface area contributed by atoms with Crippen LogP contribution in [0.2, 0.25) is 0 Å². The molecule has 8 nitrogen and oxygen atoms in total. The van der Waals surface area contributed by atoms with Crippen LogP contribution in [0.5, 0.6) is 0 Å². The van der Waals surface area contributed by atoms with Gasteiger partial charge in [-0.05, 0) is 53.6 Å². The minimum absolute atomic E-state index is 0.264. The number of carbonyl (C=O) groups excluding carboxylic acids is 1. The number of H-pyrrole nitrogens is 1. The van der Waals surface area contributed by atoms with Crippen LogP contribution in [0.15, 0.2) is 79.3 Å². The van der Waals surface area contributed by atoms with Gasteiger partial charge in [0.1, 0.15) is 5.65 Å². The lowest BCUT2D eigenvalue weighted by atomic mass is 10.2. The van der Waals surface area contributed by atoms with Crippen molar-refractivity contribution in [2.24, 2.45) is 0 Å². The maximum Gasteiger partial charge on any atom is 0.323 e. The number of rotatable bonds is 6. The van der Waals surface area contributed by atoms with Crippen LogP contribution in [0, 0.1) is 0 Å². The number of urea groups is 1. The predicted octanol–water partition coefficient (Wildman–Crippen LogP) is 5.04. The van der Waals surface area contributed by atoms with E-state index in [9.17, 15) is 4.79 Å². The van der Waals surface area contributed by atoms with Gasteiger partial charge >= 0.3 is 6.03 Å². The molecule has 1 aliphatic heterocycles. The molecule has 1 saturated heterocycles. The van der Waals surface area contributed by atoms with Crippen molar-refractivity contribution in [2.75, 3.05) is 36.9 Å². The van der Waals surface area contributed by atoms with Gasteiger partial charge in [-0.25, -0.2) is 9.78 Å². The van der Waals surface area contributed by atoms with Crippen LogP contribution in [-0.2, 0) is 17.8 Å². The van der Waals surface area contributed by atoms with Crippen LogP contribution in [-0.4, -0.2) is 51.8 Å². The minimum Gasteiger partial charge on any atom is -0.379 e. The lowest BCUT2D eigenvalue weighted by Gasteiger charge is -2.26. The molecule has 0 aliphatic carbocycles. The number of nitrogens with one attached hydrogen (secondary N) is 3. The van der Waals surface area contributed by atoms with Crippen LogP contribution in [0.1, 0.15) is 11.1 Å². The van der Waals surface area contributed by atoms with Crippen molar-refractivity contribution in [3.05, 3.63) is 90.4 Å². The fraction of sp³-hybridized carbons (Fsp3) is 0.214. The number of aromatic amines is 1. The number of hydrogen-bond acceptors (Lipinski definition) is 4. The molecule has 0 bridgehead atoms. The number of benzene rings is 2. The SMILES string of the molecule is O=C(Nc1ccc(CN2CCOCC2)cc1)Nc1cccc2c1ccn2Cc1ccnc2[nH]ccc12. The number of fused-ring (bicyclic) bond motifs is 2. The number of amides is 2. The highest BCUT2D eigenvalue weighted by atomic mass is 16.5. The molecular weight excluding hydrogens is 452 g/mol. The lowest BCUT2D eigenvalue weighted by Crippen LogP contribution is -2.35. The Morgan fingerprint density at radius 1 is 0.944 bits per heavy atom. The van der Waals surface area contributed by atoms with Gasteiger partial charge < -0.3 is 24.9 Å². The van der Waals surface area contributed by atoms with E-state index in [0.717, 1.165) is 66.2 Å². The first kappa shape index (κ1) is 22.3. The average Bonchev–Trinajstić information content (AvgIpc) is 3.54. The zero-order chi connectivity index (χ0) is 24.3. The predicted molar refractivity (Wildman–Crippen MR) is 142 cm³/mol.